The van der Waals surface area contributed by atoms with E-state index in [1.54, 1.807) is 30.1 Å². The highest BCUT2D eigenvalue weighted by molar-refractivity contribution is 9.10. The van der Waals surface area contributed by atoms with Gasteiger partial charge in [0, 0.05) is 52.5 Å². The number of ether oxygens (including phenoxy) is 1. The van der Waals surface area contributed by atoms with Crippen LogP contribution in [0, 0.1) is 13.8 Å². The molecule has 3 heterocycles. The number of halogens is 1. The SMILES string of the molecule is Cc1cc(/C=C2\C(=O)N(C)c3ccc(S(=O)(=O)N4CCOCC4)cc32)c(C)n1-c1ccc(Br)c2ccccc12. The Balaban J connectivity index is 1.46. The van der Waals surface area contributed by atoms with Gasteiger partial charge in [-0.05, 0) is 67.3 Å². The molecule has 0 unspecified atom stereocenters. The number of anilines is 1. The molecule has 1 saturated heterocycles. The highest BCUT2D eigenvalue weighted by Crippen LogP contribution is 2.40. The molecule has 1 amide bonds. The fourth-order valence-electron chi connectivity index (χ4n) is 5.57. The fraction of sp³-hybridized carbons (Fsp3) is 0.233. The molecule has 0 N–H and O–H groups in total. The number of nitrogens with zero attached hydrogens (tertiary/aromatic N) is 3. The lowest BCUT2D eigenvalue weighted by Crippen LogP contribution is -2.40. The average Bonchev–Trinajstić information content (AvgIpc) is 3.36. The number of benzene rings is 3. The van der Waals surface area contributed by atoms with Crippen LogP contribution in [0.2, 0.25) is 0 Å². The van der Waals surface area contributed by atoms with Crippen molar-refractivity contribution in [2.75, 3.05) is 38.3 Å². The zero-order valence-corrected chi connectivity index (χ0v) is 24.3. The summed E-state index contributed by atoms with van der Waals surface area (Å²) in [5.74, 6) is -0.162. The first kappa shape index (κ1) is 26.0. The molecule has 9 heteroatoms. The minimum Gasteiger partial charge on any atom is -0.379 e. The van der Waals surface area contributed by atoms with Gasteiger partial charge in [0.15, 0.2) is 0 Å². The maximum atomic E-state index is 13.4. The maximum Gasteiger partial charge on any atom is 0.258 e. The second kappa shape index (κ2) is 9.75. The lowest BCUT2D eigenvalue weighted by atomic mass is 10.0. The van der Waals surface area contributed by atoms with Crippen LogP contribution in [0.4, 0.5) is 5.69 Å². The number of rotatable bonds is 4. The van der Waals surface area contributed by atoms with Crippen LogP contribution in [0.15, 0.2) is 70.0 Å². The molecule has 0 saturated carbocycles. The lowest BCUT2D eigenvalue weighted by molar-refractivity contribution is -0.112. The Labute approximate surface area is 236 Å². The second-order valence-electron chi connectivity index (χ2n) is 9.89. The Bertz CT molecular complexity index is 1790. The van der Waals surface area contributed by atoms with E-state index in [4.69, 9.17) is 4.74 Å². The molecule has 4 aromatic rings. The minimum absolute atomic E-state index is 0.162. The highest BCUT2D eigenvalue weighted by Gasteiger charge is 2.33. The number of sulfonamides is 1. The number of aromatic nitrogens is 1. The highest BCUT2D eigenvalue weighted by atomic mass is 79.9. The van der Waals surface area contributed by atoms with Gasteiger partial charge in [0.2, 0.25) is 10.0 Å². The molecule has 1 aromatic heterocycles. The Hall–Kier alpha value is -3.24. The molecule has 2 aliphatic heterocycles. The fourth-order valence-corrected chi connectivity index (χ4v) is 7.48. The molecular weight excluding hydrogens is 578 g/mol. The zero-order chi connectivity index (χ0) is 27.5. The third-order valence-electron chi connectivity index (χ3n) is 7.62. The molecule has 0 spiro atoms. The van der Waals surface area contributed by atoms with Gasteiger partial charge in [-0.15, -0.1) is 0 Å². The molecular formula is C30H28BrN3O4S. The van der Waals surface area contributed by atoms with E-state index in [1.165, 1.54) is 4.31 Å². The summed E-state index contributed by atoms with van der Waals surface area (Å²) in [7, 11) is -1.98. The Kier molecular flexibility index (Phi) is 6.50. The van der Waals surface area contributed by atoms with Crippen molar-refractivity contribution in [3.63, 3.8) is 0 Å². The summed E-state index contributed by atoms with van der Waals surface area (Å²) in [5, 5.41) is 2.24. The minimum atomic E-state index is -3.70. The van der Waals surface area contributed by atoms with Crippen LogP contribution in [0.25, 0.3) is 28.1 Å². The van der Waals surface area contributed by atoms with E-state index in [0.29, 0.717) is 43.1 Å². The van der Waals surface area contributed by atoms with Crippen molar-refractivity contribution in [1.29, 1.82) is 0 Å². The van der Waals surface area contributed by atoms with Crippen LogP contribution in [-0.4, -0.2) is 56.5 Å². The van der Waals surface area contributed by atoms with E-state index in [1.807, 2.05) is 25.1 Å². The number of fused-ring (bicyclic) bond motifs is 2. The normalized spacial score (nSPS) is 17.4. The van der Waals surface area contributed by atoms with Gasteiger partial charge < -0.3 is 14.2 Å². The number of aryl methyl sites for hydroxylation is 1. The number of likely N-dealkylation sites (N-methyl/N-ethyl adjacent to an activating group) is 1. The molecule has 39 heavy (non-hydrogen) atoms. The summed E-state index contributed by atoms with van der Waals surface area (Å²) in [6.45, 7) is 5.48. The summed E-state index contributed by atoms with van der Waals surface area (Å²) < 4.78 is 36.7. The molecule has 6 rings (SSSR count). The van der Waals surface area contributed by atoms with Crippen LogP contribution in [0.1, 0.15) is 22.5 Å². The molecule has 0 atom stereocenters. The number of hydrogen-bond acceptors (Lipinski definition) is 4. The number of morpholine rings is 1. The topological polar surface area (TPSA) is 71.8 Å². The Morgan fingerprint density at radius 2 is 1.62 bits per heavy atom. The van der Waals surface area contributed by atoms with Gasteiger partial charge in [0.25, 0.3) is 5.91 Å². The largest absolute Gasteiger partial charge is 0.379 e. The average molecular weight is 607 g/mol. The molecule has 1 fully saturated rings. The van der Waals surface area contributed by atoms with Gasteiger partial charge >= 0.3 is 0 Å². The number of hydrogen-bond donors (Lipinski definition) is 0. The van der Waals surface area contributed by atoms with E-state index < -0.39 is 10.0 Å². The first-order valence-electron chi connectivity index (χ1n) is 12.8. The van der Waals surface area contributed by atoms with Gasteiger partial charge in [0.05, 0.1) is 29.5 Å². The third-order valence-corrected chi connectivity index (χ3v) is 10.2. The Morgan fingerprint density at radius 1 is 0.923 bits per heavy atom. The van der Waals surface area contributed by atoms with Crippen molar-refractivity contribution in [3.8, 4) is 5.69 Å². The molecule has 0 bridgehead atoms. The lowest BCUT2D eigenvalue weighted by Gasteiger charge is -2.26. The van der Waals surface area contributed by atoms with E-state index in [0.717, 1.165) is 37.9 Å². The van der Waals surface area contributed by atoms with Gasteiger partial charge in [-0.2, -0.15) is 4.31 Å². The quantitative estimate of drug-likeness (QED) is 0.286. The predicted molar refractivity (Wildman–Crippen MR) is 158 cm³/mol. The van der Waals surface area contributed by atoms with Crippen molar-refractivity contribution >= 4 is 60.0 Å². The predicted octanol–water partition coefficient (Wildman–Crippen LogP) is 5.55. The van der Waals surface area contributed by atoms with Crippen molar-refractivity contribution in [2.45, 2.75) is 18.7 Å². The number of carbonyl (C=O) groups excluding carboxylic acids is 1. The summed E-state index contributed by atoms with van der Waals surface area (Å²) in [5.41, 5.74) is 5.79. The maximum absolute atomic E-state index is 13.4. The monoisotopic (exact) mass is 605 g/mol. The number of amides is 1. The summed E-state index contributed by atoms with van der Waals surface area (Å²) in [6, 6.07) is 19.4. The third kappa shape index (κ3) is 4.24. The van der Waals surface area contributed by atoms with Crippen molar-refractivity contribution in [1.82, 2.24) is 8.87 Å². The summed E-state index contributed by atoms with van der Waals surface area (Å²) in [6.07, 6.45) is 1.88. The van der Waals surface area contributed by atoms with E-state index in [-0.39, 0.29) is 10.8 Å². The molecule has 2 aliphatic rings. The molecule has 200 valence electrons. The standard InChI is InChI=1S/C30H28BrN3O4S/c1-19-16-21(20(2)34(19)29-11-9-27(31)23-6-4-5-7-24(23)29)17-26-25-18-22(8-10-28(25)32(3)30(26)35)39(36,37)33-12-14-38-15-13-33/h4-11,16-18H,12-15H2,1-3H3/b26-17-. The van der Waals surface area contributed by atoms with E-state index in [9.17, 15) is 13.2 Å². The van der Waals surface area contributed by atoms with Gasteiger partial charge in [-0.25, -0.2) is 8.42 Å². The van der Waals surface area contributed by atoms with Crippen LogP contribution in [0.3, 0.4) is 0 Å². The van der Waals surface area contributed by atoms with Crippen molar-refractivity contribution in [3.05, 3.63) is 87.7 Å². The molecule has 3 aromatic carbocycles. The van der Waals surface area contributed by atoms with Crippen LogP contribution in [-0.2, 0) is 19.6 Å². The molecule has 7 nitrogen and oxygen atoms in total. The first-order valence-corrected chi connectivity index (χ1v) is 15.0. The van der Waals surface area contributed by atoms with E-state index >= 15 is 0 Å². The summed E-state index contributed by atoms with van der Waals surface area (Å²) >= 11 is 3.66. The smallest absolute Gasteiger partial charge is 0.258 e. The van der Waals surface area contributed by atoms with Crippen LogP contribution >= 0.6 is 15.9 Å². The van der Waals surface area contributed by atoms with Gasteiger partial charge in [0.1, 0.15) is 0 Å². The molecule has 0 radical (unpaired) electrons. The van der Waals surface area contributed by atoms with Crippen molar-refractivity contribution < 1.29 is 17.9 Å². The first-order chi connectivity index (χ1) is 18.7. The summed E-state index contributed by atoms with van der Waals surface area (Å²) in [4.78, 5) is 15.1. The van der Waals surface area contributed by atoms with Crippen LogP contribution < -0.4 is 4.90 Å². The Morgan fingerprint density at radius 3 is 2.36 bits per heavy atom. The van der Waals surface area contributed by atoms with Gasteiger partial charge in [-0.1, -0.05) is 40.2 Å². The van der Waals surface area contributed by atoms with Crippen molar-refractivity contribution in [2.24, 2.45) is 0 Å². The second-order valence-corrected chi connectivity index (χ2v) is 12.7. The van der Waals surface area contributed by atoms with E-state index in [2.05, 4.69) is 57.8 Å². The molecule has 0 aliphatic carbocycles. The van der Waals surface area contributed by atoms with Crippen LogP contribution in [0.5, 0.6) is 0 Å². The van der Waals surface area contributed by atoms with Gasteiger partial charge in [-0.3, -0.25) is 4.79 Å². The zero-order valence-electron chi connectivity index (χ0n) is 21.9. The number of carbonyl (C=O) groups is 1.